The third-order valence-corrected chi connectivity index (χ3v) is 2.25. The third kappa shape index (κ3) is 2.39. The zero-order valence-corrected chi connectivity index (χ0v) is 9.40. The Kier molecular flexibility index (Phi) is 2.90. The maximum atomic E-state index is 12.7. The highest BCUT2D eigenvalue weighted by Crippen LogP contribution is 2.37. The van der Waals surface area contributed by atoms with Gasteiger partial charge in [0.1, 0.15) is 11.6 Å². The van der Waals surface area contributed by atoms with E-state index in [0.717, 1.165) is 6.07 Å². The number of halogens is 3. The van der Waals surface area contributed by atoms with Crippen molar-refractivity contribution in [3.63, 3.8) is 0 Å². The molecule has 4 nitrogen and oxygen atoms in total. The highest BCUT2D eigenvalue weighted by molar-refractivity contribution is 5.38. The van der Waals surface area contributed by atoms with Crippen molar-refractivity contribution in [1.82, 2.24) is 9.55 Å². The van der Waals surface area contributed by atoms with Crippen LogP contribution in [0.25, 0.3) is 0 Å². The van der Waals surface area contributed by atoms with E-state index >= 15 is 0 Å². The third-order valence-electron chi connectivity index (χ3n) is 2.25. The van der Waals surface area contributed by atoms with E-state index in [1.807, 2.05) is 0 Å². The molecule has 7 heteroatoms. The fraction of sp³-hybridized carbons (Fsp3) is 0.182. The molecule has 0 bridgehead atoms. The Bertz CT molecular complexity index is 563. The first-order valence-corrected chi connectivity index (χ1v) is 5.01. The van der Waals surface area contributed by atoms with E-state index in [0.29, 0.717) is 0 Å². The Hall–Kier alpha value is -2.18. The number of anilines is 1. The van der Waals surface area contributed by atoms with Crippen LogP contribution >= 0.6 is 0 Å². The second-order valence-electron chi connectivity index (χ2n) is 3.66. The van der Waals surface area contributed by atoms with Crippen molar-refractivity contribution in [3.05, 3.63) is 36.0 Å². The molecule has 18 heavy (non-hydrogen) atoms. The molecule has 0 unspecified atom stereocenters. The normalized spacial score (nSPS) is 11.6. The number of imidazole rings is 1. The maximum absolute atomic E-state index is 12.7. The second kappa shape index (κ2) is 4.25. The number of rotatable bonds is 2. The van der Waals surface area contributed by atoms with E-state index < -0.39 is 11.7 Å². The molecule has 0 saturated heterocycles. The molecule has 1 heterocycles. The van der Waals surface area contributed by atoms with Gasteiger partial charge in [0, 0.05) is 7.05 Å². The molecule has 2 N–H and O–H groups in total. The average molecular weight is 257 g/mol. The number of nitrogens with zero attached hydrogens (tertiary/aromatic N) is 2. The number of aryl methyl sites for hydroxylation is 1. The molecule has 0 fully saturated rings. The molecule has 0 atom stereocenters. The Balaban J connectivity index is 2.38. The summed E-state index contributed by atoms with van der Waals surface area (Å²) in [6.07, 6.45) is -3.03. The van der Waals surface area contributed by atoms with E-state index in [1.165, 1.54) is 29.0 Å². The summed E-state index contributed by atoms with van der Waals surface area (Å²) in [5, 5.41) is 0. The fourth-order valence-electron chi connectivity index (χ4n) is 1.45. The number of hydrogen-bond donors (Lipinski definition) is 1. The topological polar surface area (TPSA) is 53.1 Å². The molecule has 1 aromatic carbocycles. The Labute approximate surface area is 101 Å². The summed E-state index contributed by atoms with van der Waals surface area (Å²) < 4.78 is 44.7. The van der Waals surface area contributed by atoms with Crippen molar-refractivity contribution in [3.8, 4) is 11.8 Å². The number of para-hydroxylation sites is 1. The monoisotopic (exact) mass is 257 g/mol. The highest BCUT2D eigenvalue weighted by atomic mass is 19.4. The van der Waals surface area contributed by atoms with Crippen LogP contribution in [-0.4, -0.2) is 9.55 Å². The summed E-state index contributed by atoms with van der Waals surface area (Å²) in [7, 11) is 1.58. The lowest BCUT2D eigenvalue weighted by Gasteiger charge is -2.12. The lowest BCUT2D eigenvalue weighted by Crippen LogP contribution is -2.07. The zero-order valence-electron chi connectivity index (χ0n) is 9.40. The minimum Gasteiger partial charge on any atom is -0.425 e. The summed E-state index contributed by atoms with van der Waals surface area (Å²) in [5.41, 5.74) is 4.57. The van der Waals surface area contributed by atoms with Gasteiger partial charge in [-0.2, -0.15) is 18.2 Å². The summed E-state index contributed by atoms with van der Waals surface area (Å²) in [5.74, 6) is -0.129. The SMILES string of the molecule is Cn1cc(N)nc1Oc1ccccc1C(F)(F)F. The van der Waals surface area contributed by atoms with Crippen LogP contribution in [0, 0.1) is 0 Å². The van der Waals surface area contributed by atoms with Crippen molar-refractivity contribution < 1.29 is 17.9 Å². The molecule has 0 amide bonds. The number of nitrogens with two attached hydrogens (primary N) is 1. The van der Waals surface area contributed by atoms with Crippen LogP contribution in [0.2, 0.25) is 0 Å². The second-order valence-corrected chi connectivity index (χ2v) is 3.66. The smallest absolute Gasteiger partial charge is 0.419 e. The van der Waals surface area contributed by atoms with Gasteiger partial charge in [-0.15, -0.1) is 0 Å². The van der Waals surface area contributed by atoms with Crippen LogP contribution < -0.4 is 10.5 Å². The summed E-state index contributed by atoms with van der Waals surface area (Å²) >= 11 is 0. The minimum absolute atomic E-state index is 0.00389. The van der Waals surface area contributed by atoms with Gasteiger partial charge >= 0.3 is 12.2 Å². The Morgan fingerprint density at radius 2 is 1.94 bits per heavy atom. The molecule has 0 radical (unpaired) electrons. The number of benzene rings is 1. The van der Waals surface area contributed by atoms with Crippen LogP contribution in [-0.2, 0) is 13.2 Å². The Morgan fingerprint density at radius 3 is 2.50 bits per heavy atom. The van der Waals surface area contributed by atoms with Gasteiger partial charge < -0.3 is 15.0 Å². The summed E-state index contributed by atoms with van der Waals surface area (Å²) in [4.78, 5) is 3.78. The van der Waals surface area contributed by atoms with E-state index in [2.05, 4.69) is 4.98 Å². The summed E-state index contributed by atoms with van der Waals surface area (Å²) in [6.45, 7) is 0. The molecular formula is C11H10F3N3O. The molecular weight excluding hydrogens is 247 g/mol. The van der Waals surface area contributed by atoms with Crippen LogP contribution in [0.3, 0.4) is 0 Å². The van der Waals surface area contributed by atoms with E-state index in [-0.39, 0.29) is 17.6 Å². The molecule has 0 saturated carbocycles. The van der Waals surface area contributed by atoms with Crippen molar-refractivity contribution >= 4 is 5.82 Å². The number of hydrogen-bond acceptors (Lipinski definition) is 3. The zero-order chi connectivity index (χ0) is 13.3. The summed E-state index contributed by atoms with van der Waals surface area (Å²) in [6, 6.07) is 4.93. The van der Waals surface area contributed by atoms with Crippen molar-refractivity contribution in [1.29, 1.82) is 0 Å². The standard InChI is InChI=1S/C11H10F3N3O/c1-17-6-9(15)16-10(17)18-8-5-3-2-4-7(8)11(12,13)14/h2-6H,15H2,1H3. The molecule has 2 aromatic rings. The first kappa shape index (κ1) is 12.3. The lowest BCUT2D eigenvalue weighted by atomic mass is 10.2. The first-order chi connectivity index (χ1) is 8.38. The van der Waals surface area contributed by atoms with Crippen molar-refractivity contribution in [2.24, 2.45) is 7.05 Å². The van der Waals surface area contributed by atoms with Gasteiger partial charge in [0.2, 0.25) is 0 Å². The van der Waals surface area contributed by atoms with E-state index in [4.69, 9.17) is 10.5 Å². The molecule has 0 spiro atoms. The molecule has 0 aliphatic heterocycles. The van der Waals surface area contributed by atoms with E-state index in [9.17, 15) is 13.2 Å². The van der Waals surface area contributed by atoms with Crippen LogP contribution in [0.5, 0.6) is 11.8 Å². The van der Waals surface area contributed by atoms with Gasteiger partial charge in [0.15, 0.2) is 0 Å². The van der Waals surface area contributed by atoms with Crippen LogP contribution in [0.4, 0.5) is 19.0 Å². The lowest BCUT2D eigenvalue weighted by molar-refractivity contribution is -0.138. The Morgan fingerprint density at radius 1 is 1.28 bits per heavy atom. The van der Waals surface area contributed by atoms with Gasteiger partial charge in [0.05, 0.1) is 11.8 Å². The van der Waals surface area contributed by atoms with Gasteiger partial charge in [-0.25, -0.2) is 0 Å². The molecule has 2 rings (SSSR count). The number of ether oxygens (including phenoxy) is 1. The van der Waals surface area contributed by atoms with Gasteiger partial charge in [-0.05, 0) is 12.1 Å². The first-order valence-electron chi connectivity index (χ1n) is 5.01. The van der Waals surface area contributed by atoms with Gasteiger partial charge in [0.25, 0.3) is 0 Å². The predicted octanol–water partition coefficient (Wildman–Crippen LogP) is 2.81. The number of nitrogen functional groups attached to an aromatic ring is 1. The van der Waals surface area contributed by atoms with Crippen molar-refractivity contribution in [2.75, 3.05) is 5.73 Å². The largest absolute Gasteiger partial charge is 0.425 e. The maximum Gasteiger partial charge on any atom is 0.419 e. The van der Waals surface area contributed by atoms with Crippen LogP contribution in [0.1, 0.15) is 5.56 Å². The highest BCUT2D eigenvalue weighted by Gasteiger charge is 2.34. The number of alkyl halides is 3. The fourth-order valence-corrected chi connectivity index (χ4v) is 1.45. The molecule has 0 aliphatic carbocycles. The minimum atomic E-state index is -4.48. The van der Waals surface area contributed by atoms with Crippen LogP contribution in [0.15, 0.2) is 30.5 Å². The van der Waals surface area contributed by atoms with Crippen molar-refractivity contribution in [2.45, 2.75) is 6.18 Å². The van der Waals surface area contributed by atoms with Gasteiger partial charge in [-0.1, -0.05) is 12.1 Å². The van der Waals surface area contributed by atoms with E-state index in [1.54, 1.807) is 7.05 Å². The molecule has 96 valence electrons. The average Bonchev–Trinajstić information content (AvgIpc) is 2.57. The number of aromatic nitrogens is 2. The van der Waals surface area contributed by atoms with Gasteiger partial charge in [-0.3, -0.25) is 0 Å². The molecule has 0 aliphatic rings. The molecule has 1 aromatic heterocycles. The predicted molar refractivity (Wildman–Crippen MR) is 59.1 cm³/mol. The quantitative estimate of drug-likeness (QED) is 0.900.